The molecule has 0 atom stereocenters. The lowest BCUT2D eigenvalue weighted by Crippen LogP contribution is -2.17. The Kier molecular flexibility index (Phi) is 4.28. The van der Waals surface area contributed by atoms with E-state index in [4.69, 9.17) is 13.9 Å². The highest BCUT2D eigenvalue weighted by atomic mass is 16.6. The van der Waals surface area contributed by atoms with Crippen LogP contribution in [0.3, 0.4) is 0 Å². The van der Waals surface area contributed by atoms with Gasteiger partial charge in [0, 0.05) is 13.0 Å². The van der Waals surface area contributed by atoms with Gasteiger partial charge in [-0.1, -0.05) is 19.1 Å². The van der Waals surface area contributed by atoms with Crippen molar-refractivity contribution in [3.63, 3.8) is 0 Å². The van der Waals surface area contributed by atoms with E-state index >= 15 is 0 Å². The molecule has 1 aromatic heterocycles. The molecule has 5 nitrogen and oxygen atoms in total. The number of benzene rings is 2. The molecule has 0 saturated heterocycles. The van der Waals surface area contributed by atoms with Crippen LogP contribution < -0.4 is 9.47 Å². The smallest absolute Gasteiger partial charge is 0.349 e. The van der Waals surface area contributed by atoms with Crippen molar-refractivity contribution >= 4 is 17.1 Å². The van der Waals surface area contributed by atoms with Gasteiger partial charge in [-0.05, 0) is 36.2 Å². The third kappa shape index (κ3) is 3.69. The van der Waals surface area contributed by atoms with Crippen molar-refractivity contribution in [2.75, 3.05) is 6.61 Å². The lowest BCUT2D eigenvalue weighted by molar-refractivity contribution is -0.136. The van der Waals surface area contributed by atoms with Crippen LogP contribution in [0.15, 0.2) is 46.9 Å². The first kappa shape index (κ1) is 15.1. The Morgan fingerprint density at radius 1 is 1.17 bits per heavy atom. The predicted octanol–water partition coefficient (Wildman–Crippen LogP) is 3.68. The summed E-state index contributed by atoms with van der Waals surface area (Å²) in [7, 11) is 0. The van der Waals surface area contributed by atoms with E-state index in [0.717, 1.165) is 12.0 Å². The summed E-state index contributed by atoms with van der Waals surface area (Å²) in [6.07, 6.45) is 0.915. The first-order valence-corrected chi connectivity index (χ1v) is 7.43. The molecule has 3 aromatic rings. The SMILES string of the molecule is CCc1cccc(OCC(=O)Oc2ccc3oc(C)nc3c2)c1. The number of ether oxygens (including phenoxy) is 2. The van der Waals surface area contributed by atoms with Crippen LogP contribution in [0.5, 0.6) is 11.5 Å². The Labute approximate surface area is 133 Å². The monoisotopic (exact) mass is 311 g/mol. The maximum absolute atomic E-state index is 11.9. The zero-order valence-corrected chi connectivity index (χ0v) is 13.0. The summed E-state index contributed by atoms with van der Waals surface area (Å²) < 4.78 is 16.1. The van der Waals surface area contributed by atoms with Crippen LogP contribution in [0.2, 0.25) is 0 Å². The number of carbonyl (C=O) groups is 1. The number of hydrogen-bond acceptors (Lipinski definition) is 5. The van der Waals surface area contributed by atoms with E-state index in [1.54, 1.807) is 25.1 Å². The van der Waals surface area contributed by atoms with Crippen LogP contribution in [0.1, 0.15) is 18.4 Å². The molecule has 0 aliphatic rings. The van der Waals surface area contributed by atoms with E-state index in [1.165, 1.54) is 0 Å². The summed E-state index contributed by atoms with van der Waals surface area (Å²) >= 11 is 0. The van der Waals surface area contributed by atoms with Gasteiger partial charge in [0.2, 0.25) is 0 Å². The fourth-order valence-electron chi connectivity index (χ4n) is 2.24. The fourth-order valence-corrected chi connectivity index (χ4v) is 2.24. The number of aryl methyl sites for hydroxylation is 2. The van der Waals surface area contributed by atoms with Gasteiger partial charge in [-0.2, -0.15) is 0 Å². The van der Waals surface area contributed by atoms with E-state index in [0.29, 0.717) is 28.5 Å². The normalized spacial score (nSPS) is 10.7. The minimum Gasteiger partial charge on any atom is -0.482 e. The molecule has 2 aromatic carbocycles. The van der Waals surface area contributed by atoms with Crippen molar-refractivity contribution in [1.82, 2.24) is 4.98 Å². The third-order valence-electron chi connectivity index (χ3n) is 3.36. The lowest BCUT2D eigenvalue weighted by Gasteiger charge is -2.07. The maximum atomic E-state index is 11.9. The molecular weight excluding hydrogens is 294 g/mol. The largest absolute Gasteiger partial charge is 0.482 e. The highest BCUT2D eigenvalue weighted by Crippen LogP contribution is 2.21. The van der Waals surface area contributed by atoms with Gasteiger partial charge in [0.1, 0.15) is 17.0 Å². The zero-order valence-electron chi connectivity index (χ0n) is 13.0. The Morgan fingerprint density at radius 2 is 2.04 bits per heavy atom. The van der Waals surface area contributed by atoms with E-state index in [9.17, 15) is 4.79 Å². The third-order valence-corrected chi connectivity index (χ3v) is 3.36. The molecule has 1 heterocycles. The second-order valence-electron chi connectivity index (χ2n) is 5.13. The number of esters is 1. The zero-order chi connectivity index (χ0) is 16.2. The first-order valence-electron chi connectivity index (χ1n) is 7.43. The van der Waals surface area contributed by atoms with Gasteiger partial charge < -0.3 is 13.9 Å². The van der Waals surface area contributed by atoms with Gasteiger partial charge in [-0.25, -0.2) is 9.78 Å². The van der Waals surface area contributed by atoms with Gasteiger partial charge >= 0.3 is 5.97 Å². The Bertz CT molecular complexity index is 838. The lowest BCUT2D eigenvalue weighted by atomic mass is 10.2. The molecule has 0 amide bonds. The summed E-state index contributed by atoms with van der Waals surface area (Å²) in [5, 5.41) is 0. The highest BCUT2D eigenvalue weighted by Gasteiger charge is 2.09. The number of nitrogens with zero attached hydrogens (tertiary/aromatic N) is 1. The maximum Gasteiger partial charge on any atom is 0.349 e. The number of oxazole rings is 1. The molecule has 0 aliphatic carbocycles. The van der Waals surface area contributed by atoms with Crippen LogP contribution in [0.4, 0.5) is 0 Å². The Balaban J connectivity index is 1.61. The van der Waals surface area contributed by atoms with Gasteiger partial charge in [0.05, 0.1) is 0 Å². The Morgan fingerprint density at radius 3 is 2.87 bits per heavy atom. The average Bonchev–Trinajstić information content (AvgIpc) is 2.92. The van der Waals surface area contributed by atoms with Crippen molar-refractivity contribution in [2.24, 2.45) is 0 Å². The molecular formula is C18H17NO4. The summed E-state index contributed by atoms with van der Waals surface area (Å²) in [5.74, 6) is 1.18. The van der Waals surface area contributed by atoms with E-state index in [-0.39, 0.29) is 6.61 Å². The summed E-state index contributed by atoms with van der Waals surface area (Å²) in [6.45, 7) is 3.68. The molecule has 0 spiro atoms. The molecule has 23 heavy (non-hydrogen) atoms. The topological polar surface area (TPSA) is 61.6 Å². The number of rotatable bonds is 5. The van der Waals surface area contributed by atoms with E-state index in [1.807, 2.05) is 24.3 Å². The summed E-state index contributed by atoms with van der Waals surface area (Å²) in [6, 6.07) is 12.7. The molecule has 0 unspecified atom stereocenters. The highest BCUT2D eigenvalue weighted by molar-refractivity contribution is 5.78. The molecule has 0 radical (unpaired) electrons. The molecule has 5 heteroatoms. The molecule has 0 aliphatic heterocycles. The van der Waals surface area contributed by atoms with Gasteiger partial charge in [-0.15, -0.1) is 0 Å². The van der Waals surface area contributed by atoms with Gasteiger partial charge in [-0.3, -0.25) is 0 Å². The minimum absolute atomic E-state index is 0.150. The van der Waals surface area contributed by atoms with Crippen molar-refractivity contribution in [2.45, 2.75) is 20.3 Å². The summed E-state index contributed by atoms with van der Waals surface area (Å²) in [4.78, 5) is 16.1. The predicted molar refractivity (Wildman–Crippen MR) is 85.7 cm³/mol. The molecule has 118 valence electrons. The number of fused-ring (bicyclic) bond motifs is 1. The first-order chi connectivity index (χ1) is 11.1. The van der Waals surface area contributed by atoms with Crippen LogP contribution in [0, 0.1) is 6.92 Å². The average molecular weight is 311 g/mol. The standard InChI is InChI=1S/C18H17NO4/c1-3-13-5-4-6-14(9-13)21-11-18(20)23-15-7-8-17-16(10-15)19-12(2)22-17/h4-10H,3,11H2,1-2H3. The number of hydrogen-bond donors (Lipinski definition) is 0. The molecule has 0 saturated carbocycles. The quantitative estimate of drug-likeness (QED) is 0.531. The fraction of sp³-hybridized carbons (Fsp3) is 0.222. The van der Waals surface area contributed by atoms with Crippen LogP contribution in [0.25, 0.3) is 11.1 Å². The van der Waals surface area contributed by atoms with Gasteiger partial charge in [0.25, 0.3) is 0 Å². The van der Waals surface area contributed by atoms with Crippen LogP contribution in [-0.4, -0.2) is 17.6 Å². The second kappa shape index (κ2) is 6.52. The molecule has 3 rings (SSSR count). The molecule has 0 N–H and O–H groups in total. The number of carbonyl (C=O) groups excluding carboxylic acids is 1. The minimum atomic E-state index is -0.466. The van der Waals surface area contributed by atoms with Gasteiger partial charge in [0.15, 0.2) is 18.1 Å². The van der Waals surface area contributed by atoms with Crippen LogP contribution in [-0.2, 0) is 11.2 Å². The van der Waals surface area contributed by atoms with Crippen LogP contribution >= 0.6 is 0 Å². The Hall–Kier alpha value is -2.82. The van der Waals surface area contributed by atoms with E-state index < -0.39 is 5.97 Å². The van der Waals surface area contributed by atoms with Crippen molar-refractivity contribution < 1.29 is 18.7 Å². The number of aromatic nitrogens is 1. The summed E-state index contributed by atoms with van der Waals surface area (Å²) in [5.41, 5.74) is 2.47. The van der Waals surface area contributed by atoms with Crippen molar-refractivity contribution in [3.05, 3.63) is 53.9 Å². The van der Waals surface area contributed by atoms with E-state index in [2.05, 4.69) is 11.9 Å². The molecule has 0 bridgehead atoms. The van der Waals surface area contributed by atoms with Crippen molar-refractivity contribution in [3.8, 4) is 11.5 Å². The second-order valence-corrected chi connectivity index (χ2v) is 5.13. The van der Waals surface area contributed by atoms with Crippen molar-refractivity contribution in [1.29, 1.82) is 0 Å². The molecule has 0 fully saturated rings.